The van der Waals surface area contributed by atoms with Crippen molar-refractivity contribution in [3.63, 3.8) is 0 Å². The molecule has 32 heavy (non-hydrogen) atoms. The molecule has 1 rings (SSSR count). The number of aliphatic carboxylic acids is 1. The smallest absolute Gasteiger partial charge is 0.305 e. The Bertz CT molecular complexity index is 526. The normalized spacial score (nSPS) is 26.7. The largest absolute Gasteiger partial charge is 0.481 e. The van der Waals surface area contributed by atoms with Crippen molar-refractivity contribution in [1.29, 1.82) is 0 Å². The van der Waals surface area contributed by atoms with Crippen LogP contribution in [0.4, 0.5) is 0 Å². The van der Waals surface area contributed by atoms with Gasteiger partial charge in [-0.2, -0.15) is 0 Å². The molecule has 0 saturated carbocycles. The van der Waals surface area contributed by atoms with Crippen LogP contribution in [0.1, 0.15) is 104 Å². The van der Waals surface area contributed by atoms with Crippen molar-refractivity contribution < 1.29 is 39.5 Å². The molecule has 188 valence electrons. The van der Waals surface area contributed by atoms with Gasteiger partial charge in [-0.1, -0.05) is 64.2 Å². The lowest BCUT2D eigenvalue weighted by atomic mass is 9.99. The van der Waals surface area contributed by atoms with Crippen LogP contribution in [0.15, 0.2) is 0 Å². The van der Waals surface area contributed by atoms with Crippen LogP contribution in [-0.2, 0) is 19.1 Å². The van der Waals surface area contributed by atoms with Crippen molar-refractivity contribution in [1.82, 2.24) is 0 Å². The highest BCUT2D eigenvalue weighted by atomic mass is 16.7. The van der Waals surface area contributed by atoms with Crippen LogP contribution in [0, 0.1) is 0 Å². The summed E-state index contributed by atoms with van der Waals surface area (Å²) in [7, 11) is 0. The number of carboxylic acids is 1. The third kappa shape index (κ3) is 12.3. The average Bonchev–Trinajstić information content (AvgIpc) is 2.73. The number of rotatable bonds is 18. The van der Waals surface area contributed by atoms with Crippen LogP contribution in [-0.4, -0.2) is 69.0 Å². The zero-order valence-corrected chi connectivity index (χ0v) is 19.8. The minimum Gasteiger partial charge on any atom is -0.481 e. The minimum atomic E-state index is -1.42. The molecule has 0 bridgehead atoms. The Morgan fingerprint density at radius 3 is 1.81 bits per heavy atom. The van der Waals surface area contributed by atoms with Crippen molar-refractivity contribution >= 4 is 11.8 Å². The van der Waals surface area contributed by atoms with Crippen LogP contribution >= 0.6 is 0 Å². The van der Waals surface area contributed by atoms with Gasteiger partial charge in [-0.3, -0.25) is 4.79 Å². The number of aliphatic hydroxyl groups excluding tert-OH is 3. The molecule has 8 nitrogen and oxygen atoms in total. The summed E-state index contributed by atoms with van der Waals surface area (Å²) in [5.41, 5.74) is 0. The lowest BCUT2D eigenvalue weighted by Crippen LogP contribution is -2.58. The highest BCUT2D eigenvalue weighted by Gasteiger charge is 2.43. The van der Waals surface area contributed by atoms with Crippen molar-refractivity contribution in [2.75, 3.05) is 0 Å². The minimum absolute atomic E-state index is 0.202. The Morgan fingerprint density at radius 1 is 0.812 bits per heavy atom. The van der Waals surface area contributed by atoms with E-state index >= 15 is 0 Å². The fourth-order valence-corrected chi connectivity index (χ4v) is 4.07. The summed E-state index contributed by atoms with van der Waals surface area (Å²) in [5.74, 6) is -0.714. The standard InChI is InChI=1S/C24H44O8/c1-17(25)14-12-10-8-6-4-3-5-7-9-11-13-15-19(16-20(26)27)32-24-23(30)22(29)21(28)18(2)31-24/h18-19,21-24,28-30H,3-16H2,1-2H3,(H,26,27)/t18?,19?,21?,22?,23?,24-/m1/s1. The number of ether oxygens (including phenoxy) is 2. The first-order chi connectivity index (χ1) is 15.2. The van der Waals surface area contributed by atoms with Crippen molar-refractivity contribution in [3.8, 4) is 0 Å². The van der Waals surface area contributed by atoms with E-state index < -0.39 is 42.8 Å². The van der Waals surface area contributed by atoms with E-state index in [1.807, 2.05) is 0 Å². The molecule has 0 radical (unpaired) electrons. The molecule has 0 spiro atoms. The molecule has 0 aromatic heterocycles. The van der Waals surface area contributed by atoms with Crippen LogP contribution < -0.4 is 0 Å². The highest BCUT2D eigenvalue weighted by Crippen LogP contribution is 2.25. The maximum Gasteiger partial charge on any atom is 0.305 e. The van der Waals surface area contributed by atoms with Gasteiger partial charge in [-0.15, -0.1) is 0 Å². The maximum atomic E-state index is 11.2. The SMILES string of the molecule is CC(=O)CCCCCCCCCCCCCC(CC(=O)O)O[C@H]1OC(C)C(O)C(O)C1O. The zero-order chi connectivity index (χ0) is 23.9. The molecule has 0 aliphatic carbocycles. The van der Waals surface area contributed by atoms with Gasteiger partial charge in [0.15, 0.2) is 6.29 Å². The quantitative estimate of drug-likeness (QED) is 0.229. The fraction of sp³-hybridized carbons (Fsp3) is 0.917. The molecule has 0 aromatic rings. The van der Waals surface area contributed by atoms with E-state index in [1.165, 1.54) is 32.1 Å². The lowest BCUT2D eigenvalue weighted by Gasteiger charge is -2.40. The number of ketones is 1. The molecule has 1 fully saturated rings. The number of hydrogen-bond acceptors (Lipinski definition) is 7. The monoisotopic (exact) mass is 460 g/mol. The van der Waals surface area contributed by atoms with Crippen LogP contribution in [0.2, 0.25) is 0 Å². The molecule has 1 saturated heterocycles. The molecule has 1 aliphatic heterocycles. The molecule has 4 N–H and O–H groups in total. The third-order valence-electron chi connectivity index (χ3n) is 6.09. The maximum absolute atomic E-state index is 11.2. The summed E-state index contributed by atoms with van der Waals surface area (Å²) in [6.45, 7) is 3.21. The Labute approximate surface area is 192 Å². The van der Waals surface area contributed by atoms with Gasteiger partial charge in [0.2, 0.25) is 0 Å². The Balaban J connectivity index is 2.15. The van der Waals surface area contributed by atoms with Crippen molar-refractivity contribution in [2.24, 2.45) is 0 Å². The molecular weight excluding hydrogens is 416 g/mol. The number of unbranched alkanes of at least 4 members (excludes halogenated alkanes) is 10. The topological polar surface area (TPSA) is 134 Å². The van der Waals surface area contributed by atoms with Gasteiger partial charge in [-0.25, -0.2) is 0 Å². The number of carbonyl (C=O) groups is 2. The van der Waals surface area contributed by atoms with Gasteiger partial charge in [0.1, 0.15) is 24.1 Å². The summed E-state index contributed by atoms with van der Waals surface area (Å²) in [5, 5.41) is 38.9. The summed E-state index contributed by atoms with van der Waals surface area (Å²) in [6, 6.07) is 0. The number of aliphatic hydroxyl groups is 3. The van der Waals surface area contributed by atoms with E-state index in [-0.39, 0.29) is 12.2 Å². The second-order valence-corrected chi connectivity index (χ2v) is 9.17. The Kier molecular flexibility index (Phi) is 15.0. The molecule has 8 heteroatoms. The van der Waals surface area contributed by atoms with Gasteiger partial charge in [0.25, 0.3) is 0 Å². The van der Waals surface area contributed by atoms with E-state index in [0.717, 1.165) is 38.5 Å². The average molecular weight is 461 g/mol. The van der Waals surface area contributed by atoms with Gasteiger partial charge < -0.3 is 34.7 Å². The fourth-order valence-electron chi connectivity index (χ4n) is 4.07. The van der Waals surface area contributed by atoms with Crippen LogP contribution in [0.5, 0.6) is 0 Å². The molecule has 6 atom stereocenters. The van der Waals surface area contributed by atoms with Gasteiger partial charge >= 0.3 is 5.97 Å². The summed E-state index contributed by atoms with van der Waals surface area (Å²) >= 11 is 0. The number of carbonyl (C=O) groups excluding carboxylic acids is 1. The van der Waals surface area contributed by atoms with E-state index in [1.54, 1.807) is 13.8 Å². The van der Waals surface area contributed by atoms with E-state index in [9.17, 15) is 24.9 Å². The predicted octanol–water partition coefficient (Wildman–Crippen LogP) is 3.33. The molecule has 5 unspecified atom stereocenters. The molecule has 0 amide bonds. The Morgan fingerprint density at radius 2 is 1.31 bits per heavy atom. The number of hydrogen-bond donors (Lipinski definition) is 4. The number of carboxylic acid groups (broad SMARTS) is 1. The molecule has 1 aliphatic rings. The second-order valence-electron chi connectivity index (χ2n) is 9.17. The summed E-state index contributed by atoms with van der Waals surface area (Å²) < 4.78 is 11.1. The second kappa shape index (κ2) is 16.5. The summed E-state index contributed by atoms with van der Waals surface area (Å²) in [6.07, 6.45) is 6.78. The van der Waals surface area contributed by atoms with Crippen molar-refractivity contribution in [3.05, 3.63) is 0 Å². The van der Waals surface area contributed by atoms with E-state index in [4.69, 9.17) is 14.6 Å². The van der Waals surface area contributed by atoms with Crippen LogP contribution in [0.25, 0.3) is 0 Å². The molecule has 0 aromatic carbocycles. The van der Waals surface area contributed by atoms with Gasteiger partial charge in [-0.05, 0) is 26.7 Å². The highest BCUT2D eigenvalue weighted by molar-refractivity contribution is 5.75. The zero-order valence-electron chi connectivity index (χ0n) is 19.8. The Hall–Kier alpha value is -1.06. The van der Waals surface area contributed by atoms with Crippen molar-refractivity contribution in [2.45, 2.75) is 141 Å². The van der Waals surface area contributed by atoms with Gasteiger partial charge in [0.05, 0.1) is 18.6 Å². The van der Waals surface area contributed by atoms with E-state index in [2.05, 4.69) is 0 Å². The lowest BCUT2D eigenvalue weighted by molar-refractivity contribution is -0.304. The summed E-state index contributed by atoms with van der Waals surface area (Å²) in [4.78, 5) is 22.1. The first kappa shape index (κ1) is 29.0. The third-order valence-corrected chi connectivity index (χ3v) is 6.09. The molecular formula is C24H44O8. The molecule has 1 heterocycles. The number of Topliss-reactive ketones (excluding diaryl/α,β-unsaturated/α-hetero) is 1. The predicted molar refractivity (Wildman–Crippen MR) is 120 cm³/mol. The van der Waals surface area contributed by atoms with Gasteiger partial charge in [0, 0.05) is 6.42 Å². The first-order valence-electron chi connectivity index (χ1n) is 12.3. The van der Waals surface area contributed by atoms with E-state index in [0.29, 0.717) is 12.8 Å². The first-order valence-corrected chi connectivity index (χ1v) is 12.3. The van der Waals surface area contributed by atoms with Crippen LogP contribution in [0.3, 0.4) is 0 Å².